The first-order valence-corrected chi connectivity index (χ1v) is 9.70. The first kappa shape index (κ1) is 21.3. The average Bonchev–Trinajstić information content (AvgIpc) is 2.69. The summed E-state index contributed by atoms with van der Waals surface area (Å²) < 4.78 is 37.7. The van der Waals surface area contributed by atoms with Crippen LogP contribution in [0.25, 0.3) is 0 Å². The van der Waals surface area contributed by atoms with E-state index in [0.29, 0.717) is 12.1 Å². The van der Waals surface area contributed by atoms with Gasteiger partial charge in [0.2, 0.25) is 5.91 Å². The Morgan fingerprint density at radius 1 is 0.966 bits per heavy atom. The summed E-state index contributed by atoms with van der Waals surface area (Å²) in [5, 5.41) is 12.4. The van der Waals surface area contributed by atoms with Crippen molar-refractivity contribution in [2.75, 3.05) is 13.1 Å². The van der Waals surface area contributed by atoms with Crippen LogP contribution in [0.3, 0.4) is 0 Å². The number of piperidine rings is 1. The number of carbonyl (C=O) groups is 1. The van der Waals surface area contributed by atoms with E-state index in [-0.39, 0.29) is 18.4 Å². The van der Waals surface area contributed by atoms with Crippen molar-refractivity contribution in [1.82, 2.24) is 10.2 Å². The van der Waals surface area contributed by atoms with Gasteiger partial charge in [0.1, 0.15) is 0 Å². The molecule has 1 fully saturated rings. The van der Waals surface area contributed by atoms with Gasteiger partial charge in [0.25, 0.3) is 0 Å². The molecule has 0 spiro atoms. The van der Waals surface area contributed by atoms with Gasteiger partial charge in [0.15, 0.2) is 0 Å². The highest BCUT2D eigenvalue weighted by Gasteiger charge is 2.29. The van der Waals surface area contributed by atoms with Crippen molar-refractivity contribution >= 4 is 5.91 Å². The SMILES string of the molecule is O=C(Cc1ccc(C(F)(F)F)cc1)NCc1ccc(CN2CCC(O)CC2)cc1. The molecule has 1 aliphatic rings. The topological polar surface area (TPSA) is 52.6 Å². The largest absolute Gasteiger partial charge is 0.416 e. The maximum Gasteiger partial charge on any atom is 0.416 e. The molecule has 3 rings (SSSR count). The van der Waals surface area contributed by atoms with Crippen LogP contribution in [0, 0.1) is 0 Å². The third kappa shape index (κ3) is 6.58. The van der Waals surface area contributed by atoms with Crippen molar-refractivity contribution in [3.05, 3.63) is 70.8 Å². The second-order valence-corrected chi connectivity index (χ2v) is 7.47. The van der Waals surface area contributed by atoms with Crippen molar-refractivity contribution in [3.8, 4) is 0 Å². The van der Waals surface area contributed by atoms with Gasteiger partial charge in [-0.15, -0.1) is 0 Å². The number of rotatable bonds is 6. The number of nitrogens with zero attached hydrogens (tertiary/aromatic N) is 1. The third-order valence-electron chi connectivity index (χ3n) is 5.12. The number of amides is 1. The number of halogens is 3. The first-order chi connectivity index (χ1) is 13.8. The number of likely N-dealkylation sites (tertiary alicyclic amines) is 1. The number of hydrogen-bond acceptors (Lipinski definition) is 3. The van der Waals surface area contributed by atoms with E-state index in [1.54, 1.807) is 0 Å². The zero-order valence-electron chi connectivity index (χ0n) is 16.1. The van der Waals surface area contributed by atoms with E-state index < -0.39 is 11.7 Å². The molecule has 1 heterocycles. The molecule has 0 radical (unpaired) electrons. The second-order valence-electron chi connectivity index (χ2n) is 7.47. The molecular formula is C22H25F3N2O2. The maximum absolute atomic E-state index is 12.6. The van der Waals surface area contributed by atoms with Gasteiger partial charge in [-0.05, 0) is 41.7 Å². The molecule has 0 aliphatic carbocycles. The molecule has 29 heavy (non-hydrogen) atoms. The predicted octanol–water partition coefficient (Wildman–Crippen LogP) is 3.52. The van der Waals surface area contributed by atoms with Crippen LogP contribution in [-0.4, -0.2) is 35.1 Å². The van der Waals surface area contributed by atoms with E-state index >= 15 is 0 Å². The molecular weight excluding hydrogens is 381 g/mol. The predicted molar refractivity (Wildman–Crippen MR) is 104 cm³/mol. The quantitative estimate of drug-likeness (QED) is 0.772. The van der Waals surface area contributed by atoms with Crippen molar-refractivity contribution in [1.29, 1.82) is 0 Å². The highest BCUT2D eigenvalue weighted by atomic mass is 19.4. The van der Waals surface area contributed by atoms with E-state index in [1.165, 1.54) is 17.7 Å². The minimum absolute atomic E-state index is 0.0387. The summed E-state index contributed by atoms with van der Waals surface area (Å²) in [6.07, 6.45) is -2.90. The van der Waals surface area contributed by atoms with Gasteiger partial charge in [-0.3, -0.25) is 9.69 Å². The lowest BCUT2D eigenvalue weighted by atomic mass is 10.1. The molecule has 1 amide bonds. The molecule has 2 N–H and O–H groups in total. The highest BCUT2D eigenvalue weighted by molar-refractivity contribution is 5.78. The van der Waals surface area contributed by atoms with Gasteiger partial charge in [-0.2, -0.15) is 13.2 Å². The summed E-state index contributed by atoms with van der Waals surface area (Å²) in [5.74, 6) is -0.235. The van der Waals surface area contributed by atoms with E-state index in [1.807, 2.05) is 24.3 Å². The van der Waals surface area contributed by atoms with E-state index in [0.717, 1.165) is 50.2 Å². The Kier molecular flexibility index (Phi) is 6.92. The van der Waals surface area contributed by atoms with Gasteiger partial charge in [-0.1, -0.05) is 36.4 Å². The molecule has 2 aromatic rings. The number of carbonyl (C=O) groups excluding carboxylic acids is 1. The molecule has 0 saturated carbocycles. The Labute approximate surface area is 168 Å². The molecule has 0 atom stereocenters. The smallest absolute Gasteiger partial charge is 0.393 e. The molecule has 0 aromatic heterocycles. The Morgan fingerprint density at radius 2 is 1.52 bits per heavy atom. The minimum atomic E-state index is -4.37. The standard InChI is InChI=1S/C22H25F3N2O2/c23-22(24,25)19-7-5-16(6-8-19)13-21(29)26-14-17-1-3-18(4-2-17)15-27-11-9-20(28)10-12-27/h1-8,20,28H,9-15H2,(H,26,29). The van der Waals surface area contributed by atoms with Crippen LogP contribution in [-0.2, 0) is 30.5 Å². The van der Waals surface area contributed by atoms with Gasteiger partial charge in [0, 0.05) is 26.2 Å². The fourth-order valence-corrected chi connectivity index (χ4v) is 3.36. The maximum atomic E-state index is 12.6. The lowest BCUT2D eigenvalue weighted by Gasteiger charge is -2.29. The molecule has 156 valence electrons. The van der Waals surface area contributed by atoms with Crippen LogP contribution < -0.4 is 5.32 Å². The monoisotopic (exact) mass is 406 g/mol. The van der Waals surface area contributed by atoms with Crippen molar-refractivity contribution in [2.45, 2.75) is 44.6 Å². The Morgan fingerprint density at radius 3 is 2.10 bits per heavy atom. The first-order valence-electron chi connectivity index (χ1n) is 9.70. The molecule has 1 aliphatic heterocycles. The fraction of sp³-hybridized carbons (Fsp3) is 0.409. The van der Waals surface area contributed by atoms with E-state index in [4.69, 9.17) is 0 Å². The number of hydrogen-bond donors (Lipinski definition) is 2. The number of alkyl halides is 3. The summed E-state index contributed by atoms with van der Waals surface area (Å²) in [5.41, 5.74) is 1.96. The van der Waals surface area contributed by atoms with Crippen LogP contribution in [0.2, 0.25) is 0 Å². The van der Waals surface area contributed by atoms with Gasteiger partial charge in [0.05, 0.1) is 18.1 Å². The zero-order chi connectivity index (χ0) is 20.9. The second kappa shape index (κ2) is 9.41. The number of aliphatic hydroxyl groups excluding tert-OH is 1. The highest BCUT2D eigenvalue weighted by Crippen LogP contribution is 2.29. The van der Waals surface area contributed by atoms with Gasteiger partial charge >= 0.3 is 6.18 Å². The number of nitrogens with one attached hydrogen (secondary N) is 1. The molecule has 0 bridgehead atoms. The molecule has 0 unspecified atom stereocenters. The van der Waals surface area contributed by atoms with E-state index in [9.17, 15) is 23.1 Å². The number of aliphatic hydroxyl groups is 1. The Hall–Kier alpha value is -2.38. The van der Waals surface area contributed by atoms with Crippen LogP contribution in [0.5, 0.6) is 0 Å². The fourth-order valence-electron chi connectivity index (χ4n) is 3.36. The van der Waals surface area contributed by atoms with Crippen LogP contribution >= 0.6 is 0 Å². The molecule has 4 nitrogen and oxygen atoms in total. The van der Waals surface area contributed by atoms with Crippen LogP contribution in [0.4, 0.5) is 13.2 Å². The van der Waals surface area contributed by atoms with Gasteiger partial charge in [-0.25, -0.2) is 0 Å². The van der Waals surface area contributed by atoms with Gasteiger partial charge < -0.3 is 10.4 Å². The average molecular weight is 406 g/mol. The van der Waals surface area contributed by atoms with Crippen molar-refractivity contribution in [2.24, 2.45) is 0 Å². The summed E-state index contributed by atoms with van der Waals surface area (Å²) in [7, 11) is 0. The molecule has 7 heteroatoms. The summed E-state index contributed by atoms with van der Waals surface area (Å²) in [6, 6.07) is 12.6. The van der Waals surface area contributed by atoms with Crippen molar-refractivity contribution < 1.29 is 23.1 Å². The normalized spacial score (nSPS) is 16.0. The van der Waals surface area contributed by atoms with Crippen LogP contribution in [0.15, 0.2) is 48.5 Å². The van der Waals surface area contributed by atoms with Crippen LogP contribution in [0.1, 0.15) is 35.1 Å². The summed E-state index contributed by atoms with van der Waals surface area (Å²) in [6.45, 7) is 2.99. The molecule has 2 aromatic carbocycles. The Bertz CT molecular complexity index is 796. The lowest BCUT2D eigenvalue weighted by Crippen LogP contribution is -2.35. The summed E-state index contributed by atoms with van der Waals surface area (Å²) >= 11 is 0. The zero-order valence-corrected chi connectivity index (χ0v) is 16.1. The Balaban J connectivity index is 1.44. The third-order valence-corrected chi connectivity index (χ3v) is 5.12. The lowest BCUT2D eigenvalue weighted by molar-refractivity contribution is -0.137. The number of benzene rings is 2. The minimum Gasteiger partial charge on any atom is -0.393 e. The molecule has 1 saturated heterocycles. The summed E-state index contributed by atoms with van der Waals surface area (Å²) in [4.78, 5) is 14.4. The van der Waals surface area contributed by atoms with Crippen molar-refractivity contribution in [3.63, 3.8) is 0 Å². The van der Waals surface area contributed by atoms with E-state index in [2.05, 4.69) is 10.2 Å².